The number of nitrogens with zero attached hydrogens (tertiary/aromatic N) is 1. The van der Waals surface area contributed by atoms with Gasteiger partial charge in [-0.1, -0.05) is 6.07 Å². The van der Waals surface area contributed by atoms with Gasteiger partial charge in [0.25, 0.3) is 0 Å². The van der Waals surface area contributed by atoms with Crippen molar-refractivity contribution in [2.75, 3.05) is 0 Å². The summed E-state index contributed by atoms with van der Waals surface area (Å²) in [6, 6.07) is 5.84. The molecule has 1 atom stereocenters. The van der Waals surface area contributed by atoms with Crippen LogP contribution in [0.1, 0.15) is 28.3 Å². The van der Waals surface area contributed by atoms with Crippen LogP contribution in [0.25, 0.3) is 0 Å². The summed E-state index contributed by atoms with van der Waals surface area (Å²) >= 11 is 5.01. The first-order valence-corrected chi connectivity index (χ1v) is 6.88. The number of aromatic nitrogens is 1. The first-order valence-electron chi connectivity index (χ1n) is 5.21. The molecule has 0 saturated carbocycles. The van der Waals surface area contributed by atoms with E-state index in [9.17, 15) is 4.79 Å². The zero-order valence-corrected chi connectivity index (χ0v) is 11.7. The number of aromatic carboxylic acids is 1. The predicted octanol–water partition coefficient (Wildman–Crippen LogP) is 3.81. The molecule has 0 amide bonds. The molecule has 1 unspecified atom stereocenters. The lowest BCUT2D eigenvalue weighted by molar-refractivity contribution is 0.0683. The van der Waals surface area contributed by atoms with E-state index >= 15 is 0 Å². The zero-order valence-electron chi connectivity index (χ0n) is 9.26. The molecule has 17 heavy (non-hydrogen) atoms. The summed E-state index contributed by atoms with van der Waals surface area (Å²) in [5, 5.41) is 11.1. The van der Waals surface area contributed by atoms with Crippen molar-refractivity contribution in [2.24, 2.45) is 0 Å². The highest BCUT2D eigenvalue weighted by Gasteiger charge is 2.16. The maximum absolute atomic E-state index is 11.1. The van der Waals surface area contributed by atoms with Gasteiger partial charge in [0, 0.05) is 28.0 Å². The predicted molar refractivity (Wildman–Crippen MR) is 71.8 cm³/mol. The topological polar surface area (TPSA) is 42.2 Å². The van der Waals surface area contributed by atoms with E-state index in [1.807, 2.05) is 24.6 Å². The van der Waals surface area contributed by atoms with Crippen molar-refractivity contribution in [3.05, 3.63) is 44.8 Å². The Hall–Kier alpha value is -1.07. The highest BCUT2D eigenvalue weighted by atomic mass is 79.9. The molecule has 90 valence electrons. The van der Waals surface area contributed by atoms with Crippen molar-refractivity contribution < 1.29 is 9.90 Å². The summed E-state index contributed by atoms with van der Waals surface area (Å²) in [5.41, 5.74) is 0.320. The lowest BCUT2D eigenvalue weighted by Gasteiger charge is -2.14. The van der Waals surface area contributed by atoms with Crippen molar-refractivity contribution in [3.63, 3.8) is 0 Å². The molecule has 3 nitrogen and oxygen atoms in total. The Morgan fingerprint density at radius 1 is 1.65 bits per heavy atom. The number of halogens is 1. The van der Waals surface area contributed by atoms with Gasteiger partial charge in [0.1, 0.15) is 5.69 Å². The molecule has 0 radical (unpaired) electrons. The number of carbonyl (C=O) groups is 1. The average molecular weight is 314 g/mol. The summed E-state index contributed by atoms with van der Waals surface area (Å²) in [7, 11) is 0. The van der Waals surface area contributed by atoms with Crippen LogP contribution in [0.2, 0.25) is 0 Å². The number of thiophene rings is 1. The van der Waals surface area contributed by atoms with Crippen LogP contribution >= 0.6 is 27.3 Å². The summed E-state index contributed by atoms with van der Waals surface area (Å²) in [4.78, 5) is 12.4. The lowest BCUT2D eigenvalue weighted by atomic mass is 10.2. The molecule has 0 fully saturated rings. The molecule has 5 heteroatoms. The van der Waals surface area contributed by atoms with E-state index in [4.69, 9.17) is 5.11 Å². The second-order valence-electron chi connectivity index (χ2n) is 3.89. The summed E-state index contributed by atoms with van der Waals surface area (Å²) < 4.78 is 2.60. The van der Waals surface area contributed by atoms with Gasteiger partial charge in [-0.3, -0.25) is 0 Å². The van der Waals surface area contributed by atoms with E-state index < -0.39 is 5.97 Å². The van der Waals surface area contributed by atoms with Gasteiger partial charge < -0.3 is 9.67 Å². The smallest absolute Gasteiger partial charge is 0.352 e. The van der Waals surface area contributed by atoms with E-state index in [0.717, 1.165) is 10.9 Å². The fourth-order valence-corrected chi connectivity index (χ4v) is 3.06. The Labute approximate surface area is 112 Å². The maximum atomic E-state index is 11.1. The molecule has 0 aliphatic rings. The van der Waals surface area contributed by atoms with Crippen LogP contribution < -0.4 is 0 Å². The third-order valence-corrected chi connectivity index (χ3v) is 3.92. The molecule has 0 aromatic carbocycles. The highest BCUT2D eigenvalue weighted by Crippen LogP contribution is 2.23. The zero-order chi connectivity index (χ0) is 12.4. The quantitative estimate of drug-likeness (QED) is 0.932. The Morgan fingerprint density at radius 2 is 2.41 bits per heavy atom. The number of hydrogen-bond acceptors (Lipinski definition) is 2. The molecular weight excluding hydrogens is 302 g/mol. The second-order valence-corrected chi connectivity index (χ2v) is 5.84. The minimum absolute atomic E-state index is 0.131. The molecule has 2 rings (SSSR count). The Kier molecular flexibility index (Phi) is 3.69. The van der Waals surface area contributed by atoms with Crippen molar-refractivity contribution in [1.82, 2.24) is 4.57 Å². The van der Waals surface area contributed by atoms with Crippen LogP contribution in [0.5, 0.6) is 0 Å². The number of carboxylic acid groups (broad SMARTS) is 1. The second kappa shape index (κ2) is 5.06. The molecule has 2 aromatic rings. The van der Waals surface area contributed by atoms with E-state index in [2.05, 4.69) is 22.0 Å². The molecule has 1 N–H and O–H groups in total. The van der Waals surface area contributed by atoms with Gasteiger partial charge >= 0.3 is 5.97 Å². The SMILES string of the molecule is CC(Cc1cccs1)n1cc(Br)cc1C(=O)O. The standard InChI is InChI=1S/C12H12BrNO2S/c1-8(5-10-3-2-4-17-10)14-7-9(13)6-11(14)12(15)16/h2-4,6-8H,5H2,1H3,(H,15,16). The van der Waals surface area contributed by atoms with Gasteiger partial charge in [-0.25, -0.2) is 4.79 Å². The van der Waals surface area contributed by atoms with Crippen LogP contribution in [-0.4, -0.2) is 15.6 Å². The molecule has 2 aromatic heterocycles. The van der Waals surface area contributed by atoms with Crippen LogP contribution in [0.15, 0.2) is 34.2 Å². The van der Waals surface area contributed by atoms with Gasteiger partial charge in [-0.05, 0) is 40.4 Å². The number of rotatable bonds is 4. The monoisotopic (exact) mass is 313 g/mol. The Morgan fingerprint density at radius 3 is 3.00 bits per heavy atom. The van der Waals surface area contributed by atoms with E-state index in [1.54, 1.807) is 22.0 Å². The van der Waals surface area contributed by atoms with Crippen LogP contribution in [0, 0.1) is 0 Å². The first-order chi connectivity index (χ1) is 8.08. The molecule has 0 spiro atoms. The molecular formula is C12H12BrNO2S. The molecule has 0 aliphatic carbocycles. The number of hydrogen-bond donors (Lipinski definition) is 1. The molecule has 2 heterocycles. The summed E-state index contributed by atoms with van der Waals surface area (Å²) in [6.07, 6.45) is 2.67. The number of carboxylic acids is 1. The van der Waals surface area contributed by atoms with Gasteiger partial charge in [-0.15, -0.1) is 11.3 Å². The van der Waals surface area contributed by atoms with Crippen molar-refractivity contribution in [3.8, 4) is 0 Å². The lowest BCUT2D eigenvalue weighted by Crippen LogP contribution is -2.13. The average Bonchev–Trinajstić information content (AvgIpc) is 2.86. The van der Waals surface area contributed by atoms with Crippen LogP contribution in [0.4, 0.5) is 0 Å². The Balaban J connectivity index is 2.24. The van der Waals surface area contributed by atoms with E-state index in [1.165, 1.54) is 4.88 Å². The fraction of sp³-hybridized carbons (Fsp3) is 0.250. The molecule has 0 saturated heterocycles. The minimum Gasteiger partial charge on any atom is -0.477 e. The fourth-order valence-electron chi connectivity index (χ4n) is 1.80. The van der Waals surface area contributed by atoms with Gasteiger partial charge in [0.15, 0.2) is 0 Å². The Bertz CT molecular complexity index is 519. The van der Waals surface area contributed by atoms with Crippen molar-refractivity contribution >= 4 is 33.2 Å². The van der Waals surface area contributed by atoms with E-state index in [-0.39, 0.29) is 6.04 Å². The van der Waals surface area contributed by atoms with Crippen molar-refractivity contribution in [2.45, 2.75) is 19.4 Å². The highest BCUT2D eigenvalue weighted by molar-refractivity contribution is 9.10. The third-order valence-electron chi connectivity index (χ3n) is 2.59. The van der Waals surface area contributed by atoms with Gasteiger partial charge in [0.2, 0.25) is 0 Å². The van der Waals surface area contributed by atoms with E-state index in [0.29, 0.717) is 5.69 Å². The van der Waals surface area contributed by atoms with Crippen molar-refractivity contribution in [1.29, 1.82) is 0 Å². The van der Waals surface area contributed by atoms with Gasteiger partial charge in [0.05, 0.1) is 0 Å². The summed E-state index contributed by atoms with van der Waals surface area (Å²) in [5.74, 6) is -0.895. The first kappa shape index (κ1) is 12.4. The minimum atomic E-state index is -0.895. The largest absolute Gasteiger partial charge is 0.477 e. The maximum Gasteiger partial charge on any atom is 0.352 e. The third kappa shape index (κ3) is 2.79. The van der Waals surface area contributed by atoms with Crippen LogP contribution in [-0.2, 0) is 6.42 Å². The molecule has 0 aliphatic heterocycles. The molecule has 0 bridgehead atoms. The normalized spacial score (nSPS) is 12.6. The van der Waals surface area contributed by atoms with Gasteiger partial charge in [-0.2, -0.15) is 0 Å². The summed E-state index contributed by atoms with van der Waals surface area (Å²) in [6.45, 7) is 2.03. The van der Waals surface area contributed by atoms with Crippen LogP contribution in [0.3, 0.4) is 0 Å².